The van der Waals surface area contributed by atoms with E-state index in [1.807, 2.05) is 12.4 Å². The average molecular weight is 392 g/mol. The van der Waals surface area contributed by atoms with Crippen LogP contribution in [0.25, 0.3) is 30.4 Å². The monoisotopic (exact) mass is 393 g/mol. The molecule has 0 saturated carbocycles. The van der Waals surface area contributed by atoms with Crippen LogP contribution in [0.5, 0.6) is 0 Å². The first kappa shape index (κ1) is 16.6. The van der Waals surface area contributed by atoms with Crippen LogP contribution in [0.1, 0.15) is 50.7 Å². The van der Waals surface area contributed by atoms with Gasteiger partial charge in [-0.2, -0.15) is 0 Å². The summed E-state index contributed by atoms with van der Waals surface area (Å²) in [6.07, 6.45) is 4.01. The minimum absolute atomic E-state index is 0.366. The molecule has 2 aromatic carbocycles. The van der Waals surface area contributed by atoms with Crippen LogP contribution in [0.15, 0.2) is 54.9 Å². The molecule has 0 bridgehead atoms. The molecule has 0 aliphatic heterocycles. The van der Waals surface area contributed by atoms with Crippen LogP contribution in [0.2, 0.25) is 0 Å². The van der Waals surface area contributed by atoms with Gasteiger partial charge in [0.1, 0.15) is 0 Å². The molecule has 0 saturated heterocycles. The van der Waals surface area contributed by atoms with Gasteiger partial charge in [0.2, 0.25) is 0 Å². The standard InChI is InChI=1S/C23H23NSe/c1-14(2)16-8-9-22-21(11-16)20-7-5-6-19(23(20)25-22)18-10-17(15(3)4)12-24-13-18/h5-15H,1-4H3. The Morgan fingerprint density at radius 1 is 0.800 bits per heavy atom. The summed E-state index contributed by atoms with van der Waals surface area (Å²) in [5.41, 5.74) is 5.34. The summed E-state index contributed by atoms with van der Waals surface area (Å²) in [5.74, 6) is 1.07. The normalized spacial score (nSPS) is 11.9. The molecule has 0 spiro atoms. The number of rotatable bonds is 3. The van der Waals surface area contributed by atoms with Crippen molar-refractivity contribution in [3.63, 3.8) is 0 Å². The van der Waals surface area contributed by atoms with Gasteiger partial charge in [-0.25, -0.2) is 0 Å². The number of fused-ring (bicyclic) bond motifs is 3. The van der Waals surface area contributed by atoms with Crippen LogP contribution in [0, 0.1) is 0 Å². The van der Waals surface area contributed by atoms with E-state index >= 15 is 0 Å². The molecule has 0 aliphatic rings. The Balaban J connectivity index is 1.97. The molecule has 0 N–H and O–H groups in total. The third-order valence-corrected chi connectivity index (χ3v) is 7.48. The van der Waals surface area contributed by atoms with Gasteiger partial charge in [0.05, 0.1) is 0 Å². The van der Waals surface area contributed by atoms with Crippen molar-refractivity contribution >= 4 is 33.8 Å². The Labute approximate surface area is 155 Å². The van der Waals surface area contributed by atoms with E-state index in [1.54, 1.807) is 0 Å². The van der Waals surface area contributed by atoms with E-state index in [0.29, 0.717) is 26.3 Å². The Morgan fingerprint density at radius 2 is 1.60 bits per heavy atom. The van der Waals surface area contributed by atoms with Crippen molar-refractivity contribution in [2.75, 3.05) is 0 Å². The summed E-state index contributed by atoms with van der Waals surface area (Å²) in [7, 11) is 0. The van der Waals surface area contributed by atoms with Crippen molar-refractivity contribution in [3.8, 4) is 11.1 Å². The Bertz CT molecular complexity index is 1060. The van der Waals surface area contributed by atoms with E-state index in [0.717, 1.165) is 0 Å². The maximum atomic E-state index is 4.50. The number of pyridine rings is 1. The van der Waals surface area contributed by atoms with E-state index in [9.17, 15) is 0 Å². The summed E-state index contributed by atoms with van der Waals surface area (Å²) in [5, 5.41) is 2.86. The third kappa shape index (κ3) is 2.94. The molecular weight excluding hydrogens is 369 g/mol. The van der Waals surface area contributed by atoms with Crippen LogP contribution in [0.3, 0.4) is 0 Å². The van der Waals surface area contributed by atoms with E-state index < -0.39 is 0 Å². The van der Waals surface area contributed by atoms with Crippen molar-refractivity contribution in [1.82, 2.24) is 4.98 Å². The van der Waals surface area contributed by atoms with Crippen LogP contribution < -0.4 is 0 Å². The first-order chi connectivity index (χ1) is 12.0. The van der Waals surface area contributed by atoms with Gasteiger partial charge in [0.25, 0.3) is 0 Å². The number of benzene rings is 2. The molecule has 4 aromatic rings. The molecule has 4 rings (SSSR count). The minimum atomic E-state index is 0.366. The van der Waals surface area contributed by atoms with E-state index in [-0.39, 0.29) is 0 Å². The summed E-state index contributed by atoms with van der Waals surface area (Å²) in [6.45, 7) is 8.98. The van der Waals surface area contributed by atoms with Gasteiger partial charge in [-0.3, -0.25) is 0 Å². The zero-order valence-electron chi connectivity index (χ0n) is 15.2. The second kappa shape index (κ2) is 6.44. The third-order valence-electron chi connectivity index (χ3n) is 4.92. The molecule has 0 fully saturated rings. The van der Waals surface area contributed by atoms with Crippen molar-refractivity contribution in [3.05, 3.63) is 66.0 Å². The molecule has 0 aliphatic carbocycles. The summed E-state index contributed by atoms with van der Waals surface area (Å²) in [6, 6.07) is 16.1. The van der Waals surface area contributed by atoms with Crippen molar-refractivity contribution in [2.45, 2.75) is 39.5 Å². The van der Waals surface area contributed by atoms with Crippen molar-refractivity contribution in [2.24, 2.45) is 0 Å². The SMILES string of the molecule is CC(C)c1cncc(-c2cccc3c2[se]c2ccc(C(C)C)cc23)c1. The predicted octanol–water partition coefficient (Wildman–Crippen LogP) is 6.36. The molecule has 2 heterocycles. The van der Waals surface area contributed by atoms with E-state index in [1.165, 1.54) is 41.5 Å². The zero-order valence-corrected chi connectivity index (χ0v) is 16.9. The Hall–Kier alpha value is -1.89. The molecule has 0 radical (unpaired) electrons. The van der Waals surface area contributed by atoms with Crippen molar-refractivity contribution < 1.29 is 0 Å². The fourth-order valence-corrected chi connectivity index (χ4v) is 5.88. The van der Waals surface area contributed by atoms with Gasteiger partial charge < -0.3 is 0 Å². The molecule has 0 amide bonds. The van der Waals surface area contributed by atoms with Crippen LogP contribution in [-0.2, 0) is 0 Å². The molecule has 2 aromatic heterocycles. The number of aromatic nitrogens is 1. The number of hydrogen-bond acceptors (Lipinski definition) is 1. The van der Waals surface area contributed by atoms with Crippen molar-refractivity contribution in [1.29, 1.82) is 0 Å². The second-order valence-corrected chi connectivity index (χ2v) is 9.56. The van der Waals surface area contributed by atoms with Gasteiger partial charge in [-0.05, 0) is 0 Å². The van der Waals surface area contributed by atoms with E-state index in [4.69, 9.17) is 0 Å². The van der Waals surface area contributed by atoms with E-state index in [2.05, 4.69) is 75.1 Å². The Kier molecular flexibility index (Phi) is 4.27. The van der Waals surface area contributed by atoms with Gasteiger partial charge in [-0.15, -0.1) is 0 Å². The summed E-state index contributed by atoms with van der Waals surface area (Å²) >= 11 is 0.366. The number of nitrogens with zero attached hydrogens (tertiary/aromatic N) is 1. The average Bonchev–Trinajstić information content (AvgIpc) is 2.99. The maximum absolute atomic E-state index is 4.50. The van der Waals surface area contributed by atoms with Gasteiger partial charge >= 0.3 is 155 Å². The fourth-order valence-electron chi connectivity index (χ4n) is 3.32. The van der Waals surface area contributed by atoms with Crippen LogP contribution in [0.4, 0.5) is 0 Å². The van der Waals surface area contributed by atoms with Gasteiger partial charge in [0.15, 0.2) is 0 Å². The Morgan fingerprint density at radius 3 is 2.36 bits per heavy atom. The second-order valence-electron chi connectivity index (χ2n) is 7.36. The molecule has 0 atom stereocenters. The summed E-state index contributed by atoms with van der Waals surface area (Å²) in [4.78, 5) is 4.50. The quantitative estimate of drug-likeness (QED) is 0.370. The van der Waals surface area contributed by atoms with Gasteiger partial charge in [0, 0.05) is 0 Å². The van der Waals surface area contributed by atoms with Crippen LogP contribution in [-0.4, -0.2) is 19.5 Å². The van der Waals surface area contributed by atoms with Crippen LogP contribution >= 0.6 is 0 Å². The number of hydrogen-bond donors (Lipinski definition) is 0. The molecule has 25 heavy (non-hydrogen) atoms. The first-order valence-electron chi connectivity index (χ1n) is 8.95. The zero-order chi connectivity index (χ0) is 17.6. The molecule has 0 unspecified atom stereocenters. The predicted molar refractivity (Wildman–Crippen MR) is 110 cm³/mol. The first-order valence-corrected chi connectivity index (χ1v) is 10.7. The molecule has 126 valence electrons. The topological polar surface area (TPSA) is 12.9 Å². The molecule has 1 nitrogen and oxygen atoms in total. The molecular formula is C23H23NSe. The summed E-state index contributed by atoms with van der Waals surface area (Å²) < 4.78 is 3.01. The molecule has 2 heteroatoms. The van der Waals surface area contributed by atoms with Gasteiger partial charge in [-0.1, -0.05) is 0 Å². The fraction of sp³-hybridized carbons (Fsp3) is 0.261.